The van der Waals surface area contributed by atoms with E-state index in [0.717, 1.165) is 38.5 Å². The Labute approximate surface area is 120 Å². The molecule has 0 aliphatic rings. The average Bonchev–Trinajstić information content (AvgIpc) is 2.23. The predicted octanol–water partition coefficient (Wildman–Crippen LogP) is 1.64. The SMILES string of the molecule is [CH2]CCCO.[CH2]CCCO.[CH2]CCCO.[HH].[Sn]. The maximum Gasteiger partial charge on any atom is 0.0431 e. The van der Waals surface area contributed by atoms with E-state index >= 15 is 0 Å². The van der Waals surface area contributed by atoms with Crippen LogP contribution in [0.25, 0.3) is 0 Å². The van der Waals surface area contributed by atoms with Gasteiger partial charge in [0.1, 0.15) is 0 Å². The Hall–Kier alpha value is 0.679. The van der Waals surface area contributed by atoms with Gasteiger partial charge in [-0.2, -0.15) is 0 Å². The molecule has 0 saturated carbocycles. The molecule has 0 aromatic rings. The molecule has 0 aromatic heterocycles. The summed E-state index contributed by atoms with van der Waals surface area (Å²) in [4.78, 5) is 0. The summed E-state index contributed by atoms with van der Waals surface area (Å²) in [7, 11) is 0. The Kier molecular flexibility index (Phi) is 57.5. The molecule has 0 rings (SSSR count). The van der Waals surface area contributed by atoms with Gasteiger partial charge in [-0.15, -0.1) is 0 Å². The predicted molar refractivity (Wildman–Crippen MR) is 72.9 cm³/mol. The standard InChI is InChI=1S/3C4H9O.Sn.H2/c3*1-2-3-4-5;;/h3*5H,1-4H2;;1H. The maximum atomic E-state index is 8.03. The van der Waals surface area contributed by atoms with Gasteiger partial charge in [-0.05, 0) is 19.3 Å². The number of unbranched alkanes of at least 4 members (excludes halogenated alkanes) is 3. The van der Waals surface area contributed by atoms with Gasteiger partial charge >= 0.3 is 0 Å². The van der Waals surface area contributed by atoms with Crippen LogP contribution >= 0.6 is 0 Å². The van der Waals surface area contributed by atoms with Crippen molar-refractivity contribution in [1.29, 1.82) is 0 Å². The molecule has 7 radical (unpaired) electrons. The van der Waals surface area contributed by atoms with Crippen LogP contribution in [0.1, 0.15) is 40.0 Å². The minimum absolute atomic E-state index is 0. The topological polar surface area (TPSA) is 60.7 Å². The number of hydrogen-bond donors (Lipinski definition) is 3. The minimum atomic E-state index is 0. The second-order valence-corrected chi connectivity index (χ2v) is 2.79. The molecule has 0 unspecified atom stereocenters. The van der Waals surface area contributed by atoms with E-state index in [4.69, 9.17) is 15.3 Å². The van der Waals surface area contributed by atoms with Gasteiger partial charge < -0.3 is 15.3 Å². The third-order valence-corrected chi connectivity index (χ3v) is 1.22. The summed E-state index contributed by atoms with van der Waals surface area (Å²) in [5.41, 5.74) is 0. The molecule has 3 N–H and O–H groups in total. The van der Waals surface area contributed by atoms with Crippen molar-refractivity contribution in [2.45, 2.75) is 38.5 Å². The second kappa shape index (κ2) is 36.1. The Bertz CT molecular complexity index is 58.5. The molecule has 0 spiro atoms. The summed E-state index contributed by atoms with van der Waals surface area (Å²) in [6.07, 6.45) is 5.03. The quantitative estimate of drug-likeness (QED) is 0.645. The molecule has 0 saturated heterocycles. The Morgan fingerprint density at radius 3 is 0.812 bits per heavy atom. The molecule has 16 heavy (non-hydrogen) atoms. The molecular formula is C12H29O3Sn. The molecule has 0 aliphatic carbocycles. The monoisotopic (exact) mass is 341 g/mol. The first kappa shape index (κ1) is 25.5. The Balaban J connectivity index is -0.0000000400. The van der Waals surface area contributed by atoms with Gasteiger partial charge in [0.05, 0.1) is 0 Å². The smallest absolute Gasteiger partial charge is 0.0431 e. The Morgan fingerprint density at radius 1 is 0.625 bits per heavy atom. The van der Waals surface area contributed by atoms with Crippen LogP contribution in [-0.2, 0) is 0 Å². The first-order valence-corrected chi connectivity index (χ1v) is 5.45. The molecule has 99 valence electrons. The van der Waals surface area contributed by atoms with E-state index in [1.165, 1.54) is 0 Å². The second-order valence-electron chi connectivity index (χ2n) is 2.79. The summed E-state index contributed by atoms with van der Waals surface area (Å²) in [6, 6.07) is 0. The van der Waals surface area contributed by atoms with E-state index < -0.39 is 0 Å². The fourth-order valence-corrected chi connectivity index (χ4v) is 0.335. The Morgan fingerprint density at radius 2 is 0.812 bits per heavy atom. The van der Waals surface area contributed by atoms with Crippen LogP contribution in [0, 0.1) is 20.8 Å². The van der Waals surface area contributed by atoms with Crippen molar-refractivity contribution in [1.82, 2.24) is 0 Å². The molecule has 0 atom stereocenters. The number of aliphatic hydroxyl groups is 3. The molecule has 0 aromatic carbocycles. The van der Waals surface area contributed by atoms with Gasteiger partial charge in [0, 0.05) is 45.2 Å². The molecule has 3 nitrogen and oxygen atoms in total. The fourth-order valence-electron chi connectivity index (χ4n) is 0.335. The van der Waals surface area contributed by atoms with Gasteiger partial charge in [0.25, 0.3) is 0 Å². The third kappa shape index (κ3) is 61.6. The van der Waals surface area contributed by atoms with E-state index in [1.807, 2.05) is 0 Å². The molecule has 0 heterocycles. The molecule has 4 heteroatoms. The number of hydrogen-bond acceptors (Lipinski definition) is 3. The summed E-state index contributed by atoms with van der Waals surface area (Å²) < 4.78 is 0. The van der Waals surface area contributed by atoms with Crippen LogP contribution in [-0.4, -0.2) is 59.0 Å². The summed E-state index contributed by atoms with van der Waals surface area (Å²) >= 11 is 0. The molecule has 0 fully saturated rings. The zero-order chi connectivity index (χ0) is 12.4. The largest absolute Gasteiger partial charge is 0.396 e. The normalized spacial score (nSPS) is 7.88. The summed E-state index contributed by atoms with van der Waals surface area (Å²) in [5.74, 6) is 0. The summed E-state index contributed by atoms with van der Waals surface area (Å²) in [5, 5.41) is 24.1. The van der Waals surface area contributed by atoms with Gasteiger partial charge in [0.15, 0.2) is 0 Å². The molecular weight excluding hydrogens is 311 g/mol. The zero-order valence-corrected chi connectivity index (χ0v) is 13.2. The van der Waals surface area contributed by atoms with Crippen LogP contribution < -0.4 is 0 Å². The third-order valence-electron chi connectivity index (χ3n) is 1.22. The van der Waals surface area contributed by atoms with Crippen molar-refractivity contribution in [3.8, 4) is 0 Å². The number of aliphatic hydroxyl groups excluding tert-OH is 3. The molecule has 0 amide bonds. The van der Waals surface area contributed by atoms with E-state index in [0.29, 0.717) is 0 Å². The van der Waals surface area contributed by atoms with Gasteiger partial charge in [0.2, 0.25) is 0 Å². The van der Waals surface area contributed by atoms with Crippen LogP contribution in [0.15, 0.2) is 0 Å². The summed E-state index contributed by atoms with van der Waals surface area (Å²) in [6.45, 7) is 11.4. The van der Waals surface area contributed by atoms with E-state index in [1.54, 1.807) is 0 Å². The zero-order valence-electron chi connectivity index (χ0n) is 10.3. The van der Waals surface area contributed by atoms with E-state index in [-0.39, 0.29) is 45.2 Å². The molecule has 0 bridgehead atoms. The first-order valence-electron chi connectivity index (χ1n) is 5.45. The van der Waals surface area contributed by atoms with Crippen LogP contribution in [0.5, 0.6) is 0 Å². The van der Waals surface area contributed by atoms with Gasteiger partial charge in [-0.25, -0.2) is 0 Å². The minimum Gasteiger partial charge on any atom is -0.396 e. The van der Waals surface area contributed by atoms with Crippen molar-refractivity contribution < 1.29 is 16.7 Å². The first-order chi connectivity index (χ1) is 7.24. The fraction of sp³-hybridized carbons (Fsp3) is 0.750. The van der Waals surface area contributed by atoms with Crippen molar-refractivity contribution in [2.24, 2.45) is 0 Å². The molecule has 0 aliphatic heterocycles. The van der Waals surface area contributed by atoms with Crippen LogP contribution in [0.4, 0.5) is 0 Å². The van der Waals surface area contributed by atoms with Crippen molar-refractivity contribution in [3.63, 3.8) is 0 Å². The van der Waals surface area contributed by atoms with Crippen LogP contribution in [0.3, 0.4) is 0 Å². The van der Waals surface area contributed by atoms with Crippen molar-refractivity contribution >= 4 is 23.9 Å². The number of rotatable bonds is 6. The maximum absolute atomic E-state index is 8.03. The van der Waals surface area contributed by atoms with E-state index in [2.05, 4.69) is 20.8 Å². The van der Waals surface area contributed by atoms with Crippen molar-refractivity contribution in [3.05, 3.63) is 20.8 Å². The van der Waals surface area contributed by atoms with Crippen molar-refractivity contribution in [2.75, 3.05) is 19.8 Å². The average molecular weight is 340 g/mol. The van der Waals surface area contributed by atoms with E-state index in [9.17, 15) is 0 Å². The van der Waals surface area contributed by atoms with Crippen LogP contribution in [0.2, 0.25) is 0 Å². The van der Waals surface area contributed by atoms with Gasteiger partial charge in [-0.3, -0.25) is 0 Å². The van der Waals surface area contributed by atoms with Gasteiger partial charge in [-0.1, -0.05) is 40.0 Å².